The topological polar surface area (TPSA) is 44.1 Å². The highest BCUT2D eigenvalue weighted by molar-refractivity contribution is 5.97. The standard InChI is InChI=1S/C23H27NO4/c1-25-17-9-7-16(8-10-17)23-18-13-20(26-2)21(27-3)14-19(18)28-22(23)15-24-11-5-4-6-12-24/h7-10,13-14H,4-6,11-12,15H2,1-3H3. The van der Waals surface area contributed by atoms with E-state index in [1.165, 1.54) is 19.3 Å². The summed E-state index contributed by atoms with van der Waals surface area (Å²) in [5, 5.41) is 1.04. The van der Waals surface area contributed by atoms with Crippen LogP contribution < -0.4 is 14.2 Å². The fourth-order valence-electron chi connectivity index (χ4n) is 3.98. The van der Waals surface area contributed by atoms with E-state index in [1.807, 2.05) is 24.3 Å². The highest BCUT2D eigenvalue weighted by Crippen LogP contribution is 2.41. The maximum Gasteiger partial charge on any atom is 0.164 e. The number of hydrogen-bond acceptors (Lipinski definition) is 5. The van der Waals surface area contributed by atoms with Crippen LogP contribution in [0, 0.1) is 0 Å². The molecule has 2 heterocycles. The van der Waals surface area contributed by atoms with E-state index >= 15 is 0 Å². The number of fused-ring (bicyclic) bond motifs is 1. The lowest BCUT2D eigenvalue weighted by atomic mass is 10.0. The fourth-order valence-corrected chi connectivity index (χ4v) is 3.98. The number of rotatable bonds is 6. The Morgan fingerprint density at radius 2 is 1.54 bits per heavy atom. The molecule has 1 fully saturated rings. The van der Waals surface area contributed by atoms with Gasteiger partial charge in [0.15, 0.2) is 11.5 Å². The van der Waals surface area contributed by atoms with Crippen molar-refractivity contribution in [2.24, 2.45) is 0 Å². The number of likely N-dealkylation sites (tertiary alicyclic amines) is 1. The van der Waals surface area contributed by atoms with Gasteiger partial charge in [-0.3, -0.25) is 4.90 Å². The smallest absolute Gasteiger partial charge is 0.164 e. The van der Waals surface area contributed by atoms with Crippen molar-refractivity contribution in [1.82, 2.24) is 4.90 Å². The van der Waals surface area contributed by atoms with E-state index in [-0.39, 0.29) is 0 Å². The van der Waals surface area contributed by atoms with Crippen LogP contribution in [0.25, 0.3) is 22.1 Å². The molecule has 5 nitrogen and oxygen atoms in total. The molecule has 1 aliphatic rings. The van der Waals surface area contributed by atoms with Crippen molar-refractivity contribution in [2.75, 3.05) is 34.4 Å². The molecule has 1 aliphatic heterocycles. The van der Waals surface area contributed by atoms with E-state index in [0.717, 1.165) is 53.2 Å². The summed E-state index contributed by atoms with van der Waals surface area (Å²) in [5.41, 5.74) is 3.04. The van der Waals surface area contributed by atoms with Crippen molar-refractivity contribution in [2.45, 2.75) is 25.8 Å². The SMILES string of the molecule is COc1ccc(-c2c(CN3CCCCC3)oc3cc(OC)c(OC)cc23)cc1. The molecular weight excluding hydrogens is 354 g/mol. The minimum Gasteiger partial charge on any atom is -0.497 e. The molecule has 0 aliphatic carbocycles. The first-order valence-corrected chi connectivity index (χ1v) is 9.77. The molecule has 4 rings (SSSR count). The molecule has 1 saturated heterocycles. The lowest BCUT2D eigenvalue weighted by molar-refractivity contribution is 0.207. The summed E-state index contributed by atoms with van der Waals surface area (Å²) in [6.45, 7) is 3.04. The normalized spacial score (nSPS) is 15.0. The first kappa shape index (κ1) is 18.7. The zero-order valence-electron chi connectivity index (χ0n) is 16.8. The second-order valence-corrected chi connectivity index (χ2v) is 7.17. The zero-order valence-corrected chi connectivity index (χ0v) is 16.8. The third kappa shape index (κ3) is 3.54. The van der Waals surface area contributed by atoms with Gasteiger partial charge in [0.25, 0.3) is 0 Å². The first-order valence-electron chi connectivity index (χ1n) is 9.77. The van der Waals surface area contributed by atoms with Gasteiger partial charge >= 0.3 is 0 Å². The van der Waals surface area contributed by atoms with Gasteiger partial charge in [-0.15, -0.1) is 0 Å². The van der Waals surface area contributed by atoms with Gasteiger partial charge in [0, 0.05) is 17.0 Å². The molecular formula is C23H27NO4. The van der Waals surface area contributed by atoms with Crippen LogP contribution in [0.2, 0.25) is 0 Å². The molecule has 0 amide bonds. The van der Waals surface area contributed by atoms with Gasteiger partial charge < -0.3 is 18.6 Å². The Balaban J connectivity index is 1.84. The Hall–Kier alpha value is -2.66. The number of ether oxygens (including phenoxy) is 3. The molecule has 0 atom stereocenters. The molecule has 0 radical (unpaired) electrons. The molecule has 3 aromatic rings. The third-order valence-electron chi connectivity index (χ3n) is 5.46. The average Bonchev–Trinajstić information content (AvgIpc) is 3.10. The highest BCUT2D eigenvalue weighted by Gasteiger charge is 2.22. The monoisotopic (exact) mass is 381 g/mol. The van der Waals surface area contributed by atoms with Gasteiger partial charge in [-0.2, -0.15) is 0 Å². The summed E-state index contributed by atoms with van der Waals surface area (Å²) in [6.07, 6.45) is 3.82. The molecule has 0 unspecified atom stereocenters. The van der Waals surface area contributed by atoms with Gasteiger partial charge in [0.2, 0.25) is 0 Å². The maximum absolute atomic E-state index is 6.35. The lowest BCUT2D eigenvalue weighted by Gasteiger charge is -2.25. The van der Waals surface area contributed by atoms with Gasteiger partial charge in [-0.25, -0.2) is 0 Å². The van der Waals surface area contributed by atoms with Crippen LogP contribution in [0.4, 0.5) is 0 Å². The molecule has 148 valence electrons. The van der Waals surface area contributed by atoms with E-state index in [2.05, 4.69) is 17.0 Å². The van der Waals surface area contributed by atoms with Crippen molar-refractivity contribution in [1.29, 1.82) is 0 Å². The van der Waals surface area contributed by atoms with Crippen molar-refractivity contribution < 1.29 is 18.6 Å². The van der Waals surface area contributed by atoms with E-state index < -0.39 is 0 Å². The molecule has 5 heteroatoms. The predicted octanol–water partition coefficient (Wildman–Crippen LogP) is 5.11. The highest BCUT2D eigenvalue weighted by atomic mass is 16.5. The van der Waals surface area contributed by atoms with E-state index in [0.29, 0.717) is 11.5 Å². The summed E-state index contributed by atoms with van der Waals surface area (Å²) in [6, 6.07) is 12.1. The number of methoxy groups -OCH3 is 3. The molecule has 0 spiro atoms. The number of furan rings is 1. The molecule has 1 aromatic heterocycles. The molecule has 0 N–H and O–H groups in total. The largest absolute Gasteiger partial charge is 0.497 e. The minimum atomic E-state index is 0.676. The van der Waals surface area contributed by atoms with Gasteiger partial charge in [0.05, 0.1) is 27.9 Å². The Bertz CT molecular complexity index is 939. The Kier molecular flexibility index (Phi) is 5.44. The Labute approximate surface area is 165 Å². The molecule has 2 aromatic carbocycles. The van der Waals surface area contributed by atoms with Crippen LogP contribution >= 0.6 is 0 Å². The number of hydrogen-bond donors (Lipinski definition) is 0. The molecule has 28 heavy (non-hydrogen) atoms. The van der Waals surface area contributed by atoms with Crippen molar-refractivity contribution in [3.05, 3.63) is 42.2 Å². The summed E-state index contributed by atoms with van der Waals surface area (Å²) in [7, 11) is 4.98. The summed E-state index contributed by atoms with van der Waals surface area (Å²) >= 11 is 0. The first-order chi connectivity index (χ1) is 13.7. The lowest BCUT2D eigenvalue weighted by Crippen LogP contribution is -2.29. The minimum absolute atomic E-state index is 0.676. The van der Waals surface area contributed by atoms with Crippen LogP contribution in [0.15, 0.2) is 40.8 Å². The van der Waals surface area contributed by atoms with Crippen LogP contribution in [0.3, 0.4) is 0 Å². The summed E-state index contributed by atoms with van der Waals surface area (Å²) in [4.78, 5) is 2.47. The molecule has 0 saturated carbocycles. The van der Waals surface area contributed by atoms with Gasteiger partial charge in [-0.05, 0) is 49.7 Å². The van der Waals surface area contributed by atoms with E-state index in [9.17, 15) is 0 Å². The van der Waals surface area contributed by atoms with Crippen LogP contribution in [-0.2, 0) is 6.54 Å². The quantitative estimate of drug-likeness (QED) is 0.593. The second-order valence-electron chi connectivity index (χ2n) is 7.17. The van der Waals surface area contributed by atoms with E-state index in [4.69, 9.17) is 18.6 Å². The fraction of sp³-hybridized carbons (Fsp3) is 0.391. The van der Waals surface area contributed by atoms with Crippen molar-refractivity contribution in [3.63, 3.8) is 0 Å². The van der Waals surface area contributed by atoms with Gasteiger partial charge in [-0.1, -0.05) is 18.6 Å². The van der Waals surface area contributed by atoms with Crippen LogP contribution in [-0.4, -0.2) is 39.3 Å². The maximum atomic E-state index is 6.35. The zero-order chi connectivity index (χ0) is 19.5. The number of piperidine rings is 1. The average molecular weight is 381 g/mol. The Morgan fingerprint density at radius 3 is 2.18 bits per heavy atom. The van der Waals surface area contributed by atoms with Crippen LogP contribution in [0.5, 0.6) is 17.2 Å². The second kappa shape index (κ2) is 8.15. The number of nitrogens with zero attached hydrogens (tertiary/aromatic N) is 1. The number of benzene rings is 2. The van der Waals surface area contributed by atoms with Crippen LogP contribution in [0.1, 0.15) is 25.0 Å². The van der Waals surface area contributed by atoms with Gasteiger partial charge in [0.1, 0.15) is 17.1 Å². The van der Waals surface area contributed by atoms with E-state index in [1.54, 1.807) is 21.3 Å². The predicted molar refractivity (Wildman–Crippen MR) is 110 cm³/mol. The summed E-state index contributed by atoms with van der Waals surface area (Å²) < 4.78 is 22.7. The Morgan fingerprint density at radius 1 is 0.857 bits per heavy atom. The third-order valence-corrected chi connectivity index (χ3v) is 5.46. The van der Waals surface area contributed by atoms with Crippen molar-refractivity contribution in [3.8, 4) is 28.4 Å². The van der Waals surface area contributed by atoms with Crippen molar-refractivity contribution >= 4 is 11.0 Å². The summed E-state index contributed by atoms with van der Waals surface area (Å²) in [5.74, 6) is 3.20. The molecule has 0 bridgehead atoms.